The second kappa shape index (κ2) is 8.43. The van der Waals surface area contributed by atoms with Crippen LogP contribution in [-0.2, 0) is 21.2 Å². The van der Waals surface area contributed by atoms with Crippen LogP contribution in [0.15, 0.2) is 47.5 Å². The van der Waals surface area contributed by atoms with Gasteiger partial charge in [-0.05, 0) is 19.1 Å². The number of hydrogen-bond acceptors (Lipinski definition) is 5. The maximum atomic E-state index is 12.5. The molecule has 3 heterocycles. The predicted molar refractivity (Wildman–Crippen MR) is 121 cm³/mol. The van der Waals surface area contributed by atoms with Gasteiger partial charge in [0.2, 0.25) is 5.91 Å². The van der Waals surface area contributed by atoms with Gasteiger partial charge in [0.25, 0.3) is 0 Å². The molecule has 1 aliphatic heterocycles. The number of carbonyl (C=O) groups is 1. The topological polar surface area (TPSA) is 75.0 Å². The maximum absolute atomic E-state index is 12.5. The zero-order chi connectivity index (χ0) is 22.2. The number of imidazole rings is 1. The van der Waals surface area contributed by atoms with Crippen molar-refractivity contribution in [2.75, 3.05) is 31.9 Å². The SMILES string of the molecule is CCS(=O)(=O)c1ccc2nc(-c3ccc(C)cc3)c(CN3CCN(C(C)=O)CC3)n2c1. The van der Waals surface area contributed by atoms with E-state index in [1.807, 2.05) is 16.2 Å². The van der Waals surface area contributed by atoms with Crippen LogP contribution in [0.3, 0.4) is 0 Å². The second-order valence-corrected chi connectivity index (χ2v) is 10.3. The van der Waals surface area contributed by atoms with Crippen molar-refractivity contribution in [3.8, 4) is 11.3 Å². The number of carbonyl (C=O) groups excluding carboxylic acids is 1. The number of benzene rings is 1. The zero-order valence-corrected chi connectivity index (χ0v) is 19.0. The Bertz CT molecular complexity index is 1210. The van der Waals surface area contributed by atoms with E-state index in [9.17, 15) is 13.2 Å². The number of amides is 1. The zero-order valence-electron chi connectivity index (χ0n) is 18.2. The van der Waals surface area contributed by atoms with Crippen molar-refractivity contribution in [3.05, 3.63) is 53.9 Å². The fourth-order valence-corrected chi connectivity index (χ4v) is 4.83. The lowest BCUT2D eigenvalue weighted by Gasteiger charge is -2.34. The second-order valence-electron chi connectivity index (χ2n) is 8.05. The molecule has 1 amide bonds. The summed E-state index contributed by atoms with van der Waals surface area (Å²) < 4.78 is 26.9. The molecule has 0 aliphatic carbocycles. The number of sulfone groups is 1. The number of rotatable bonds is 5. The lowest BCUT2D eigenvalue weighted by atomic mass is 10.1. The van der Waals surface area contributed by atoms with Crippen molar-refractivity contribution in [3.63, 3.8) is 0 Å². The molecule has 1 fully saturated rings. The number of aryl methyl sites for hydroxylation is 1. The van der Waals surface area contributed by atoms with Gasteiger partial charge < -0.3 is 9.30 Å². The Kier molecular flexibility index (Phi) is 5.85. The van der Waals surface area contributed by atoms with E-state index in [0.29, 0.717) is 24.5 Å². The van der Waals surface area contributed by atoms with Crippen LogP contribution in [0.1, 0.15) is 25.1 Å². The van der Waals surface area contributed by atoms with Crippen LogP contribution in [0.25, 0.3) is 16.9 Å². The molecule has 0 bridgehead atoms. The number of aromatic nitrogens is 2. The summed E-state index contributed by atoms with van der Waals surface area (Å²) in [7, 11) is -3.32. The molecule has 8 heteroatoms. The highest BCUT2D eigenvalue weighted by Gasteiger charge is 2.23. The minimum absolute atomic E-state index is 0.0559. The molecule has 1 aromatic carbocycles. The molecule has 3 aromatic rings. The third kappa shape index (κ3) is 4.36. The van der Waals surface area contributed by atoms with Crippen LogP contribution in [0.2, 0.25) is 0 Å². The summed E-state index contributed by atoms with van der Waals surface area (Å²) >= 11 is 0. The van der Waals surface area contributed by atoms with Crippen LogP contribution >= 0.6 is 0 Å². The lowest BCUT2D eigenvalue weighted by Crippen LogP contribution is -2.47. The molecule has 4 rings (SSSR count). The van der Waals surface area contributed by atoms with Gasteiger partial charge in [0.05, 0.1) is 22.0 Å². The van der Waals surface area contributed by atoms with Gasteiger partial charge in [-0.1, -0.05) is 36.8 Å². The van der Waals surface area contributed by atoms with Crippen molar-refractivity contribution >= 4 is 21.4 Å². The third-order valence-corrected chi connectivity index (χ3v) is 7.67. The van der Waals surface area contributed by atoms with Gasteiger partial charge in [-0.15, -0.1) is 0 Å². The van der Waals surface area contributed by atoms with Gasteiger partial charge in [0.1, 0.15) is 5.65 Å². The first kappa shape index (κ1) is 21.5. The normalized spacial score (nSPS) is 15.5. The first-order valence-corrected chi connectivity index (χ1v) is 12.2. The first-order chi connectivity index (χ1) is 14.8. The largest absolute Gasteiger partial charge is 0.340 e. The Morgan fingerprint density at radius 2 is 1.71 bits per heavy atom. The summed E-state index contributed by atoms with van der Waals surface area (Å²) in [5, 5.41) is 0. The highest BCUT2D eigenvalue weighted by atomic mass is 32.2. The summed E-state index contributed by atoms with van der Waals surface area (Å²) in [5.74, 6) is 0.157. The van der Waals surface area contributed by atoms with Crippen molar-refractivity contribution in [1.82, 2.24) is 19.2 Å². The van der Waals surface area contributed by atoms with Gasteiger partial charge >= 0.3 is 0 Å². The molecule has 0 saturated carbocycles. The Morgan fingerprint density at radius 3 is 2.32 bits per heavy atom. The Hall–Kier alpha value is -2.71. The molecule has 0 N–H and O–H groups in total. The Balaban J connectivity index is 1.77. The van der Waals surface area contributed by atoms with E-state index in [-0.39, 0.29) is 11.7 Å². The van der Waals surface area contributed by atoms with Crippen molar-refractivity contribution in [2.24, 2.45) is 0 Å². The van der Waals surface area contributed by atoms with E-state index in [0.717, 1.165) is 35.7 Å². The van der Waals surface area contributed by atoms with Crippen molar-refractivity contribution in [2.45, 2.75) is 32.2 Å². The molecule has 0 radical (unpaired) electrons. The van der Waals surface area contributed by atoms with Crippen molar-refractivity contribution in [1.29, 1.82) is 0 Å². The molecule has 0 atom stereocenters. The summed E-state index contributed by atoms with van der Waals surface area (Å²) in [6.45, 7) is 8.87. The standard InChI is InChI=1S/C23H28N4O3S/c1-4-31(29,30)20-9-10-22-24-23(19-7-5-17(2)6-8-19)21(27(22)15-20)16-25-11-13-26(14-12-25)18(3)28/h5-10,15H,4,11-14,16H2,1-3H3. The summed E-state index contributed by atoms with van der Waals surface area (Å²) in [4.78, 5) is 21.0. The minimum Gasteiger partial charge on any atom is -0.340 e. The lowest BCUT2D eigenvalue weighted by molar-refractivity contribution is -0.130. The minimum atomic E-state index is -3.32. The van der Waals surface area contributed by atoms with Crippen molar-refractivity contribution < 1.29 is 13.2 Å². The average Bonchev–Trinajstić information content (AvgIpc) is 3.12. The quantitative estimate of drug-likeness (QED) is 0.610. The van der Waals surface area contributed by atoms with Gasteiger partial charge in [-0.25, -0.2) is 13.4 Å². The fourth-order valence-electron chi connectivity index (χ4n) is 3.95. The van der Waals surface area contributed by atoms with Crippen LogP contribution < -0.4 is 0 Å². The monoisotopic (exact) mass is 440 g/mol. The fraction of sp³-hybridized carbons (Fsp3) is 0.391. The molecular formula is C23H28N4O3S. The summed E-state index contributed by atoms with van der Waals surface area (Å²) in [6, 6.07) is 11.6. The predicted octanol–water partition coefficient (Wildman–Crippen LogP) is 2.77. The molecule has 31 heavy (non-hydrogen) atoms. The van der Waals surface area contributed by atoms with Gasteiger partial charge in [0, 0.05) is 51.4 Å². The maximum Gasteiger partial charge on any atom is 0.219 e. The smallest absolute Gasteiger partial charge is 0.219 e. The molecule has 1 saturated heterocycles. The Labute approximate surface area is 183 Å². The number of pyridine rings is 1. The van der Waals surface area contributed by atoms with E-state index in [1.54, 1.807) is 32.2 Å². The highest BCUT2D eigenvalue weighted by Crippen LogP contribution is 2.27. The van der Waals surface area contributed by atoms with Gasteiger partial charge in [-0.3, -0.25) is 9.69 Å². The summed E-state index contributed by atoms with van der Waals surface area (Å²) in [6.07, 6.45) is 1.69. The number of piperazine rings is 1. The summed E-state index contributed by atoms with van der Waals surface area (Å²) in [5.41, 5.74) is 4.73. The molecule has 1 aliphatic rings. The first-order valence-electron chi connectivity index (χ1n) is 10.6. The van der Waals surface area contributed by atoms with Crippen LogP contribution in [0, 0.1) is 6.92 Å². The van der Waals surface area contributed by atoms with E-state index in [2.05, 4.69) is 29.2 Å². The average molecular weight is 441 g/mol. The van der Waals surface area contributed by atoms with E-state index in [4.69, 9.17) is 4.98 Å². The highest BCUT2D eigenvalue weighted by molar-refractivity contribution is 7.91. The molecule has 2 aromatic heterocycles. The molecule has 0 unspecified atom stereocenters. The number of hydrogen-bond donors (Lipinski definition) is 0. The molecule has 0 spiro atoms. The van der Waals surface area contributed by atoms with E-state index < -0.39 is 9.84 Å². The van der Waals surface area contributed by atoms with E-state index >= 15 is 0 Å². The third-order valence-electron chi connectivity index (χ3n) is 5.95. The number of nitrogens with zero attached hydrogens (tertiary/aromatic N) is 4. The molecule has 164 valence electrons. The van der Waals surface area contributed by atoms with Gasteiger partial charge in [0.15, 0.2) is 9.84 Å². The van der Waals surface area contributed by atoms with Crippen LogP contribution in [0.4, 0.5) is 0 Å². The number of fused-ring (bicyclic) bond motifs is 1. The Morgan fingerprint density at radius 1 is 1.03 bits per heavy atom. The molecular weight excluding hydrogens is 412 g/mol. The van der Waals surface area contributed by atoms with E-state index in [1.165, 1.54) is 5.56 Å². The molecule has 7 nitrogen and oxygen atoms in total. The van der Waals surface area contributed by atoms with Crippen LogP contribution in [0.5, 0.6) is 0 Å². The van der Waals surface area contributed by atoms with Crippen LogP contribution in [-0.4, -0.2) is 65.4 Å². The van der Waals surface area contributed by atoms with Gasteiger partial charge in [-0.2, -0.15) is 0 Å².